The first-order chi connectivity index (χ1) is 9.11. The molecule has 0 aliphatic heterocycles. The highest BCUT2D eigenvalue weighted by molar-refractivity contribution is 5.67. The van der Waals surface area contributed by atoms with Crippen molar-refractivity contribution in [3.05, 3.63) is 22.7 Å². The average molecular weight is 267 g/mol. The first kappa shape index (κ1) is 13.5. The van der Waals surface area contributed by atoms with Crippen molar-refractivity contribution >= 4 is 11.8 Å². The second kappa shape index (κ2) is 5.83. The van der Waals surface area contributed by atoms with E-state index < -0.39 is 12.1 Å². The predicted molar refractivity (Wildman–Crippen MR) is 68.3 cm³/mol. The van der Waals surface area contributed by atoms with Crippen LogP contribution in [0.2, 0.25) is 0 Å². The van der Waals surface area contributed by atoms with E-state index in [1.807, 2.05) is 0 Å². The van der Waals surface area contributed by atoms with E-state index in [0.717, 1.165) is 12.8 Å². The van der Waals surface area contributed by atoms with Gasteiger partial charge < -0.3 is 19.7 Å². The number of carboxylic acids is 1. The van der Waals surface area contributed by atoms with Gasteiger partial charge in [0.15, 0.2) is 5.82 Å². The molecule has 19 heavy (non-hydrogen) atoms. The summed E-state index contributed by atoms with van der Waals surface area (Å²) in [6, 6.07) is 0.285. The molecule has 1 aliphatic carbocycles. The summed E-state index contributed by atoms with van der Waals surface area (Å²) < 4.78 is 6.69. The van der Waals surface area contributed by atoms with Gasteiger partial charge >= 0.3 is 5.97 Å². The van der Waals surface area contributed by atoms with Gasteiger partial charge in [0, 0.05) is 32.1 Å². The first-order valence-electron chi connectivity index (χ1n) is 6.17. The van der Waals surface area contributed by atoms with Gasteiger partial charge in [-0.05, 0) is 12.8 Å². The van der Waals surface area contributed by atoms with Crippen LogP contribution in [0.15, 0.2) is 17.2 Å². The van der Waals surface area contributed by atoms with Gasteiger partial charge in [0.1, 0.15) is 0 Å². The standard InChI is InChI=1S/C12H17N3O4/c1-19-9(6-10(16)17)7-14-11-12(18)15(5-4-13-11)8-2-3-8/h4-5,8-9H,2-3,6-7H2,1H3,(H,13,14)(H,16,17). The van der Waals surface area contributed by atoms with E-state index in [1.165, 1.54) is 7.11 Å². The predicted octanol–water partition coefficient (Wildman–Crippen LogP) is 0.480. The fourth-order valence-corrected chi connectivity index (χ4v) is 1.83. The van der Waals surface area contributed by atoms with Crippen LogP contribution in [-0.2, 0) is 9.53 Å². The summed E-state index contributed by atoms with van der Waals surface area (Å²) in [5, 5.41) is 11.6. The quantitative estimate of drug-likeness (QED) is 0.746. The number of nitrogens with one attached hydrogen (secondary N) is 1. The third kappa shape index (κ3) is 3.54. The minimum absolute atomic E-state index is 0.118. The fourth-order valence-electron chi connectivity index (χ4n) is 1.83. The molecule has 0 spiro atoms. The van der Waals surface area contributed by atoms with E-state index >= 15 is 0 Å². The zero-order valence-corrected chi connectivity index (χ0v) is 10.7. The van der Waals surface area contributed by atoms with E-state index in [0.29, 0.717) is 0 Å². The molecule has 7 heteroatoms. The largest absolute Gasteiger partial charge is 0.481 e. The zero-order valence-electron chi connectivity index (χ0n) is 10.7. The summed E-state index contributed by atoms with van der Waals surface area (Å²) in [4.78, 5) is 26.7. The molecule has 0 saturated heterocycles. The van der Waals surface area contributed by atoms with Crippen LogP contribution in [0.4, 0.5) is 5.82 Å². The number of carboxylic acid groups (broad SMARTS) is 1. The Bertz CT molecular complexity index is 510. The van der Waals surface area contributed by atoms with Crippen molar-refractivity contribution in [2.75, 3.05) is 19.0 Å². The smallest absolute Gasteiger partial charge is 0.306 e. The molecule has 0 amide bonds. The topological polar surface area (TPSA) is 93.5 Å². The molecule has 2 rings (SSSR count). The summed E-state index contributed by atoms with van der Waals surface area (Å²) in [6.07, 6.45) is 4.67. The molecule has 7 nitrogen and oxygen atoms in total. The number of ether oxygens (including phenoxy) is 1. The number of aliphatic carboxylic acids is 1. The van der Waals surface area contributed by atoms with Gasteiger partial charge in [-0.25, -0.2) is 4.98 Å². The lowest BCUT2D eigenvalue weighted by Gasteiger charge is -2.14. The van der Waals surface area contributed by atoms with Crippen molar-refractivity contribution in [3.63, 3.8) is 0 Å². The number of rotatable bonds is 7. The van der Waals surface area contributed by atoms with E-state index in [9.17, 15) is 9.59 Å². The number of anilines is 1. The molecule has 1 saturated carbocycles. The Labute approximate surface area is 110 Å². The second-order valence-corrected chi connectivity index (χ2v) is 4.56. The average Bonchev–Trinajstić information content (AvgIpc) is 3.19. The van der Waals surface area contributed by atoms with Crippen molar-refractivity contribution < 1.29 is 14.6 Å². The summed E-state index contributed by atoms with van der Waals surface area (Å²) in [7, 11) is 1.44. The van der Waals surface area contributed by atoms with Gasteiger partial charge in [-0.3, -0.25) is 9.59 Å². The van der Waals surface area contributed by atoms with Crippen LogP contribution >= 0.6 is 0 Å². The Morgan fingerprint density at radius 1 is 1.68 bits per heavy atom. The number of carbonyl (C=O) groups is 1. The number of aromatic nitrogens is 2. The maximum atomic E-state index is 12.1. The molecule has 1 aliphatic rings. The highest BCUT2D eigenvalue weighted by atomic mass is 16.5. The van der Waals surface area contributed by atoms with Crippen LogP contribution in [0.3, 0.4) is 0 Å². The SMILES string of the molecule is COC(CNc1nccn(C2CC2)c1=O)CC(=O)O. The minimum atomic E-state index is -0.940. The molecule has 0 bridgehead atoms. The van der Waals surface area contributed by atoms with E-state index in [1.54, 1.807) is 17.0 Å². The van der Waals surface area contributed by atoms with Gasteiger partial charge in [-0.2, -0.15) is 0 Å². The molecule has 1 atom stereocenters. The number of hydrogen-bond donors (Lipinski definition) is 2. The normalized spacial score (nSPS) is 16.1. The molecule has 1 unspecified atom stereocenters. The molecule has 2 N–H and O–H groups in total. The van der Waals surface area contributed by atoms with Crippen LogP contribution in [-0.4, -0.2) is 40.4 Å². The maximum absolute atomic E-state index is 12.1. The third-order valence-electron chi connectivity index (χ3n) is 3.04. The van der Waals surface area contributed by atoms with Gasteiger partial charge in [-0.1, -0.05) is 0 Å². The van der Waals surface area contributed by atoms with E-state index in [-0.39, 0.29) is 30.4 Å². The summed E-state index contributed by atoms with van der Waals surface area (Å²) in [6.45, 7) is 0.236. The third-order valence-corrected chi connectivity index (χ3v) is 3.04. The lowest BCUT2D eigenvalue weighted by Crippen LogP contribution is -2.29. The van der Waals surface area contributed by atoms with Crippen molar-refractivity contribution in [2.45, 2.75) is 31.4 Å². The number of nitrogens with zero attached hydrogens (tertiary/aromatic N) is 2. The molecular weight excluding hydrogens is 250 g/mol. The molecule has 1 aromatic rings. The molecule has 0 radical (unpaired) electrons. The second-order valence-electron chi connectivity index (χ2n) is 4.56. The maximum Gasteiger partial charge on any atom is 0.306 e. The molecule has 1 fully saturated rings. The van der Waals surface area contributed by atoms with E-state index in [2.05, 4.69) is 10.3 Å². The summed E-state index contributed by atoms with van der Waals surface area (Å²) in [5.74, 6) is -0.702. The van der Waals surface area contributed by atoms with Crippen LogP contribution in [0.5, 0.6) is 0 Å². The van der Waals surface area contributed by atoms with Crippen molar-refractivity contribution in [1.82, 2.24) is 9.55 Å². The van der Waals surface area contributed by atoms with Crippen molar-refractivity contribution in [2.24, 2.45) is 0 Å². The fraction of sp³-hybridized carbons (Fsp3) is 0.583. The summed E-state index contributed by atoms with van der Waals surface area (Å²) >= 11 is 0. The van der Waals surface area contributed by atoms with Gasteiger partial charge in [0.05, 0.1) is 12.5 Å². The van der Waals surface area contributed by atoms with Gasteiger partial charge in [0.2, 0.25) is 0 Å². The zero-order chi connectivity index (χ0) is 13.8. The highest BCUT2D eigenvalue weighted by Crippen LogP contribution is 2.33. The Balaban J connectivity index is 2.00. The van der Waals surface area contributed by atoms with Crippen LogP contribution in [0.1, 0.15) is 25.3 Å². The lowest BCUT2D eigenvalue weighted by molar-refractivity contribution is -0.139. The highest BCUT2D eigenvalue weighted by Gasteiger charge is 2.25. The summed E-state index contributed by atoms with van der Waals surface area (Å²) in [5.41, 5.74) is -0.171. The van der Waals surface area contributed by atoms with Crippen LogP contribution in [0.25, 0.3) is 0 Å². The molecule has 1 heterocycles. The first-order valence-corrected chi connectivity index (χ1v) is 6.17. The van der Waals surface area contributed by atoms with Gasteiger partial charge in [0.25, 0.3) is 5.56 Å². The molecule has 1 aromatic heterocycles. The van der Waals surface area contributed by atoms with Crippen LogP contribution in [0, 0.1) is 0 Å². The van der Waals surface area contributed by atoms with Crippen molar-refractivity contribution in [3.8, 4) is 0 Å². The lowest BCUT2D eigenvalue weighted by atomic mass is 10.2. The Morgan fingerprint density at radius 3 is 3.00 bits per heavy atom. The monoisotopic (exact) mass is 267 g/mol. The Hall–Kier alpha value is -1.89. The molecular formula is C12H17N3O4. The Kier molecular flexibility index (Phi) is 4.16. The molecule has 0 aromatic carbocycles. The van der Waals surface area contributed by atoms with Crippen molar-refractivity contribution in [1.29, 1.82) is 0 Å². The minimum Gasteiger partial charge on any atom is -0.481 e. The number of hydrogen-bond acceptors (Lipinski definition) is 5. The number of methoxy groups -OCH3 is 1. The van der Waals surface area contributed by atoms with Gasteiger partial charge in [-0.15, -0.1) is 0 Å². The Morgan fingerprint density at radius 2 is 2.42 bits per heavy atom. The van der Waals surface area contributed by atoms with E-state index in [4.69, 9.17) is 9.84 Å². The molecule has 104 valence electrons. The van der Waals surface area contributed by atoms with Crippen LogP contribution < -0.4 is 10.9 Å².